The fraction of sp³-hybridized carbons (Fsp3) is 0.440. The molecule has 1 aromatic carbocycles. The summed E-state index contributed by atoms with van der Waals surface area (Å²) in [7, 11) is 3.39. The summed E-state index contributed by atoms with van der Waals surface area (Å²) >= 11 is 0. The number of rotatable bonds is 9. The molecule has 0 atom stereocenters. The van der Waals surface area contributed by atoms with Crippen LogP contribution in [-0.2, 0) is 9.63 Å². The molecule has 0 aromatic heterocycles. The van der Waals surface area contributed by atoms with Crippen LogP contribution in [0.15, 0.2) is 53.2 Å². The number of benzene rings is 1. The lowest BCUT2D eigenvalue weighted by Crippen LogP contribution is -2.23. The van der Waals surface area contributed by atoms with E-state index in [1.807, 2.05) is 26.1 Å². The predicted molar refractivity (Wildman–Crippen MR) is 132 cm³/mol. The number of hydrogen-bond donors (Lipinski definition) is 2. The molecule has 0 heterocycles. The lowest BCUT2D eigenvalue weighted by molar-refractivity contribution is -0.125. The van der Waals surface area contributed by atoms with Gasteiger partial charge in [-0.2, -0.15) is 13.2 Å². The van der Waals surface area contributed by atoms with Crippen molar-refractivity contribution in [2.24, 2.45) is 16.9 Å². The Bertz CT molecular complexity index is 852. The Kier molecular flexibility index (Phi) is 15.6. The molecule has 9 heteroatoms. The molecule has 0 spiro atoms. The highest BCUT2D eigenvalue weighted by atomic mass is 19.4. The van der Waals surface area contributed by atoms with Crippen LogP contribution in [0.1, 0.15) is 38.2 Å². The highest BCUT2D eigenvalue weighted by Crippen LogP contribution is 2.34. The number of halogens is 3. The number of carbonyl (C=O) groups excluding carboxylic acids is 1. The van der Waals surface area contributed by atoms with E-state index in [9.17, 15) is 18.0 Å². The zero-order valence-electron chi connectivity index (χ0n) is 20.2. The summed E-state index contributed by atoms with van der Waals surface area (Å²) in [6, 6.07) is 8.29. The zero-order chi connectivity index (χ0) is 26.0. The number of anilines is 1. The Hall–Kier alpha value is -3.25. The van der Waals surface area contributed by atoms with Crippen LogP contribution in [0.4, 0.5) is 18.9 Å². The van der Waals surface area contributed by atoms with Crippen LogP contribution in [0.25, 0.3) is 0 Å². The van der Waals surface area contributed by atoms with Crippen molar-refractivity contribution in [1.82, 2.24) is 5.01 Å². The summed E-state index contributed by atoms with van der Waals surface area (Å²) in [4.78, 5) is 14.4. The van der Waals surface area contributed by atoms with E-state index in [2.05, 4.69) is 35.4 Å². The van der Waals surface area contributed by atoms with E-state index >= 15 is 0 Å². The van der Waals surface area contributed by atoms with Gasteiger partial charge in [-0.3, -0.25) is 9.80 Å². The van der Waals surface area contributed by atoms with Gasteiger partial charge < -0.3 is 10.2 Å². The molecule has 1 amide bonds. The second kappa shape index (κ2) is 17.3. The molecule has 34 heavy (non-hydrogen) atoms. The van der Waals surface area contributed by atoms with Crippen LogP contribution in [0.2, 0.25) is 0 Å². The lowest BCUT2D eigenvalue weighted by atomic mass is 10.0. The Morgan fingerprint density at radius 2 is 2.06 bits per heavy atom. The van der Waals surface area contributed by atoms with Crippen LogP contribution < -0.4 is 11.2 Å². The first-order valence-corrected chi connectivity index (χ1v) is 10.8. The SMILES string of the molecule is C#CC/C(=C\C=C/CC(F)(F)F)C(=NOCC)C1CC1.CN(N)C=O.CNc1cccc(C)c1. The molecule has 1 saturated carbocycles. The third kappa shape index (κ3) is 16.4. The van der Waals surface area contributed by atoms with Crippen LogP contribution >= 0.6 is 0 Å². The molecule has 1 aliphatic rings. The van der Waals surface area contributed by atoms with E-state index in [0.717, 1.165) is 35.2 Å². The summed E-state index contributed by atoms with van der Waals surface area (Å²) in [5.41, 5.74) is 3.99. The molecule has 0 aliphatic heterocycles. The van der Waals surface area contributed by atoms with Crippen molar-refractivity contribution in [2.45, 2.75) is 45.7 Å². The van der Waals surface area contributed by atoms with Gasteiger partial charge in [0.25, 0.3) is 0 Å². The van der Waals surface area contributed by atoms with Crippen molar-refractivity contribution in [3.8, 4) is 12.3 Å². The van der Waals surface area contributed by atoms with Crippen molar-refractivity contribution in [3.63, 3.8) is 0 Å². The number of amides is 1. The third-order valence-electron chi connectivity index (χ3n) is 4.13. The van der Waals surface area contributed by atoms with Crippen molar-refractivity contribution >= 4 is 17.8 Å². The predicted octanol–water partition coefficient (Wildman–Crippen LogP) is 5.23. The molecule has 0 radical (unpaired) electrons. The van der Waals surface area contributed by atoms with Gasteiger partial charge in [-0.15, -0.1) is 12.3 Å². The summed E-state index contributed by atoms with van der Waals surface area (Å²) in [5, 5.41) is 8.06. The summed E-state index contributed by atoms with van der Waals surface area (Å²) < 4.78 is 36.1. The second-order valence-electron chi connectivity index (χ2n) is 7.38. The third-order valence-corrected chi connectivity index (χ3v) is 4.13. The first-order chi connectivity index (χ1) is 16.1. The summed E-state index contributed by atoms with van der Waals surface area (Å²) in [5.74, 6) is 7.58. The number of oxime groups is 1. The van der Waals surface area contributed by atoms with E-state index in [1.54, 1.807) is 6.08 Å². The maximum atomic E-state index is 12.0. The van der Waals surface area contributed by atoms with Gasteiger partial charge in [0.1, 0.15) is 6.61 Å². The molecule has 6 nitrogen and oxygen atoms in total. The van der Waals surface area contributed by atoms with Gasteiger partial charge in [0.2, 0.25) is 6.41 Å². The van der Waals surface area contributed by atoms with E-state index in [1.165, 1.54) is 24.4 Å². The van der Waals surface area contributed by atoms with Gasteiger partial charge in [-0.25, -0.2) is 5.84 Å². The van der Waals surface area contributed by atoms with Gasteiger partial charge in [0.15, 0.2) is 0 Å². The minimum Gasteiger partial charge on any atom is -0.396 e. The molecule has 1 aromatic rings. The number of alkyl halides is 3. The fourth-order valence-electron chi connectivity index (χ4n) is 2.42. The Labute approximate surface area is 200 Å². The molecule has 1 aliphatic carbocycles. The maximum Gasteiger partial charge on any atom is 0.392 e. The number of terminal acetylenes is 1. The van der Waals surface area contributed by atoms with Gasteiger partial charge in [-0.1, -0.05) is 35.5 Å². The van der Waals surface area contributed by atoms with Gasteiger partial charge in [-0.05, 0) is 50.0 Å². The summed E-state index contributed by atoms with van der Waals surface area (Å²) in [6.07, 6.45) is 7.10. The van der Waals surface area contributed by atoms with Crippen molar-refractivity contribution in [3.05, 3.63) is 53.6 Å². The molecular weight excluding hydrogens is 445 g/mol. The van der Waals surface area contributed by atoms with Crippen LogP contribution in [0, 0.1) is 25.2 Å². The lowest BCUT2D eigenvalue weighted by Gasteiger charge is -2.07. The van der Waals surface area contributed by atoms with Crippen molar-refractivity contribution in [2.75, 3.05) is 26.0 Å². The highest BCUT2D eigenvalue weighted by molar-refractivity contribution is 6.03. The Balaban J connectivity index is 0.000000636. The first kappa shape index (κ1) is 30.8. The first-order valence-electron chi connectivity index (χ1n) is 10.8. The second-order valence-corrected chi connectivity index (χ2v) is 7.38. The molecule has 2 rings (SSSR count). The van der Waals surface area contributed by atoms with Crippen molar-refractivity contribution in [1.29, 1.82) is 0 Å². The van der Waals surface area contributed by atoms with E-state index in [4.69, 9.17) is 17.1 Å². The number of aryl methyl sites for hydroxylation is 1. The molecule has 188 valence electrons. The molecular formula is C25H35F3N4O2. The van der Waals surface area contributed by atoms with Crippen LogP contribution in [-0.4, -0.2) is 44.0 Å². The molecule has 0 saturated heterocycles. The monoisotopic (exact) mass is 480 g/mol. The van der Waals surface area contributed by atoms with Crippen LogP contribution in [0.3, 0.4) is 0 Å². The van der Waals surface area contributed by atoms with Gasteiger partial charge in [0.05, 0.1) is 12.1 Å². The quantitative estimate of drug-likeness (QED) is 0.0965. The minimum atomic E-state index is -4.19. The number of nitrogens with one attached hydrogen (secondary N) is 1. The molecule has 1 fully saturated rings. The van der Waals surface area contributed by atoms with Gasteiger partial charge >= 0.3 is 6.18 Å². The topological polar surface area (TPSA) is 79.9 Å². The Morgan fingerprint density at radius 1 is 1.41 bits per heavy atom. The van der Waals surface area contributed by atoms with Gasteiger partial charge in [0, 0.05) is 32.1 Å². The minimum absolute atomic E-state index is 0.317. The number of hydrazine groups is 1. The average Bonchev–Trinajstić information content (AvgIpc) is 3.62. The number of carbonyl (C=O) groups is 1. The van der Waals surface area contributed by atoms with E-state index in [0.29, 0.717) is 25.4 Å². The largest absolute Gasteiger partial charge is 0.396 e. The Morgan fingerprint density at radius 3 is 2.47 bits per heavy atom. The molecule has 0 unspecified atom stereocenters. The average molecular weight is 481 g/mol. The standard InChI is InChI=1S/C15H18F3NO.C8H11N.C2H6N2O/c1-3-7-12(8-5-6-11-15(16,17)18)14(13-9-10-13)19-20-4-2;1-7-4-3-5-8(6-7)9-2;1-4(3)2-5/h1,5-6,8,13H,4,7,9-11H2,2H3;3-6,9H,1-2H3;2H,3H2,1H3/b6-5-,12-8+,19-14?;;. The smallest absolute Gasteiger partial charge is 0.392 e. The number of hydrogen-bond acceptors (Lipinski definition) is 5. The normalized spacial score (nSPS) is 13.6. The highest BCUT2D eigenvalue weighted by Gasteiger charge is 2.30. The zero-order valence-corrected chi connectivity index (χ0v) is 20.2. The molecule has 3 N–H and O–H groups in total. The molecule has 0 bridgehead atoms. The summed E-state index contributed by atoms with van der Waals surface area (Å²) in [6.45, 7) is 4.35. The van der Waals surface area contributed by atoms with Crippen molar-refractivity contribution < 1.29 is 22.8 Å². The van der Waals surface area contributed by atoms with Crippen LogP contribution in [0.5, 0.6) is 0 Å². The number of allylic oxidation sites excluding steroid dienone is 4. The van der Waals surface area contributed by atoms with E-state index < -0.39 is 12.6 Å². The fourth-order valence-corrected chi connectivity index (χ4v) is 2.42. The maximum absolute atomic E-state index is 12.0. The number of nitrogens with two attached hydrogens (primary N) is 1. The number of nitrogens with zero attached hydrogens (tertiary/aromatic N) is 2. The van der Waals surface area contributed by atoms with E-state index in [-0.39, 0.29) is 0 Å².